The molecule has 0 spiro atoms. The van der Waals surface area contributed by atoms with Gasteiger partial charge in [0.15, 0.2) is 0 Å². The lowest BCUT2D eigenvalue weighted by atomic mass is 10.0. The van der Waals surface area contributed by atoms with Crippen LogP contribution in [-0.4, -0.2) is 8.07 Å². The predicted octanol–water partition coefficient (Wildman–Crippen LogP) is 5.58. The first-order valence-corrected chi connectivity index (χ1v) is 12.4. The van der Waals surface area contributed by atoms with Gasteiger partial charge in [-0.2, -0.15) is 0 Å². The van der Waals surface area contributed by atoms with Crippen molar-refractivity contribution in [1.29, 1.82) is 0 Å². The van der Waals surface area contributed by atoms with Crippen LogP contribution in [0.2, 0.25) is 11.6 Å². The summed E-state index contributed by atoms with van der Waals surface area (Å²) < 4.78 is 13.3. The molecule has 1 unspecified atom stereocenters. The van der Waals surface area contributed by atoms with Gasteiger partial charge in [-0.15, -0.1) is 0 Å². The van der Waals surface area contributed by atoms with Crippen LogP contribution in [0.15, 0.2) is 84.9 Å². The molecule has 0 N–H and O–H groups in total. The Morgan fingerprint density at radius 3 is 1.93 bits per heavy atom. The van der Waals surface area contributed by atoms with E-state index in [1.807, 2.05) is 12.1 Å². The topological polar surface area (TPSA) is 0 Å². The van der Waals surface area contributed by atoms with Gasteiger partial charge in [-0.1, -0.05) is 102 Å². The average molecular weight is 375 g/mol. The Balaban J connectivity index is 1.69. The standard InChI is InChI=1S/C25H27FSi/c26-22-17-14-21(15-18-22)16-19-25-13-7-8-20-27(25,23-9-3-1-4-10-23)24-11-5-2-6-12-24/h1-6,9-12,14-15,17-18,25H,7-8,13,16,19-20H2. The molecule has 2 heteroatoms. The molecule has 1 saturated heterocycles. The molecule has 1 aliphatic rings. The van der Waals surface area contributed by atoms with Gasteiger partial charge in [0.25, 0.3) is 0 Å². The number of aryl methyl sites for hydroxylation is 1. The highest BCUT2D eigenvalue weighted by molar-refractivity contribution is 7.03. The highest BCUT2D eigenvalue weighted by Crippen LogP contribution is 2.40. The van der Waals surface area contributed by atoms with Crippen LogP contribution in [-0.2, 0) is 6.42 Å². The molecule has 3 aromatic rings. The van der Waals surface area contributed by atoms with Crippen LogP contribution >= 0.6 is 0 Å². The number of hydrogen-bond acceptors (Lipinski definition) is 0. The molecule has 1 aliphatic heterocycles. The largest absolute Gasteiger partial charge is 0.207 e. The molecule has 27 heavy (non-hydrogen) atoms. The van der Waals surface area contributed by atoms with Gasteiger partial charge in [0, 0.05) is 0 Å². The first kappa shape index (κ1) is 18.2. The van der Waals surface area contributed by atoms with Gasteiger partial charge in [-0.05, 0) is 42.1 Å². The SMILES string of the molecule is Fc1ccc(CCC2CCCC[Si]2(c2ccccc2)c2ccccc2)cc1. The van der Waals surface area contributed by atoms with Gasteiger partial charge in [-0.3, -0.25) is 0 Å². The Labute approximate surface area is 163 Å². The van der Waals surface area contributed by atoms with Crippen molar-refractivity contribution >= 4 is 18.4 Å². The minimum Gasteiger partial charge on any atom is -0.207 e. The number of halogens is 1. The fourth-order valence-electron chi connectivity index (χ4n) is 5.03. The van der Waals surface area contributed by atoms with Crippen LogP contribution in [0, 0.1) is 5.82 Å². The van der Waals surface area contributed by atoms with E-state index in [9.17, 15) is 4.39 Å². The summed E-state index contributed by atoms with van der Waals surface area (Å²) >= 11 is 0. The van der Waals surface area contributed by atoms with Gasteiger partial charge < -0.3 is 0 Å². The molecule has 0 aromatic heterocycles. The summed E-state index contributed by atoms with van der Waals surface area (Å²) in [6, 6.07) is 31.0. The summed E-state index contributed by atoms with van der Waals surface area (Å²) in [5.41, 5.74) is 1.99. The number of rotatable bonds is 5. The van der Waals surface area contributed by atoms with Crippen LogP contribution in [0.25, 0.3) is 0 Å². The molecule has 0 saturated carbocycles. The molecule has 1 atom stereocenters. The van der Waals surface area contributed by atoms with E-state index in [0.717, 1.165) is 12.0 Å². The third kappa shape index (κ3) is 3.77. The molecule has 3 aromatic carbocycles. The van der Waals surface area contributed by atoms with Crippen LogP contribution in [0.5, 0.6) is 0 Å². The monoisotopic (exact) mass is 374 g/mol. The molecule has 0 bridgehead atoms. The smallest absolute Gasteiger partial charge is 0.123 e. The van der Waals surface area contributed by atoms with Crippen molar-refractivity contribution in [3.63, 3.8) is 0 Å². The maximum atomic E-state index is 13.3. The normalized spacial score (nSPS) is 18.9. The van der Waals surface area contributed by atoms with Crippen molar-refractivity contribution in [1.82, 2.24) is 0 Å². The first-order valence-electron chi connectivity index (χ1n) is 10.1. The number of hydrogen-bond donors (Lipinski definition) is 0. The fourth-order valence-corrected chi connectivity index (χ4v) is 11.0. The van der Waals surface area contributed by atoms with E-state index >= 15 is 0 Å². The second-order valence-corrected chi connectivity index (χ2v) is 12.2. The highest BCUT2D eigenvalue weighted by atomic mass is 28.3. The zero-order valence-electron chi connectivity index (χ0n) is 15.8. The summed E-state index contributed by atoms with van der Waals surface area (Å²) in [6.45, 7) is 0. The fraction of sp³-hybridized carbons (Fsp3) is 0.280. The molecule has 1 fully saturated rings. The average Bonchev–Trinajstić information content (AvgIpc) is 2.75. The van der Waals surface area contributed by atoms with Gasteiger partial charge >= 0.3 is 0 Å². The minimum absolute atomic E-state index is 0.145. The zero-order valence-corrected chi connectivity index (χ0v) is 16.8. The zero-order chi connectivity index (χ0) is 18.5. The molecule has 0 nitrogen and oxygen atoms in total. The highest BCUT2D eigenvalue weighted by Gasteiger charge is 2.45. The van der Waals surface area contributed by atoms with E-state index in [1.165, 1.54) is 37.3 Å². The lowest BCUT2D eigenvalue weighted by molar-refractivity contribution is 0.581. The van der Waals surface area contributed by atoms with E-state index in [4.69, 9.17) is 0 Å². The summed E-state index contributed by atoms with van der Waals surface area (Å²) in [7, 11) is -1.80. The predicted molar refractivity (Wildman–Crippen MR) is 115 cm³/mol. The molecular weight excluding hydrogens is 347 g/mol. The summed E-state index contributed by atoms with van der Waals surface area (Å²) in [5.74, 6) is -0.145. The maximum absolute atomic E-state index is 13.3. The van der Waals surface area contributed by atoms with Gasteiger partial charge in [0.05, 0.1) is 0 Å². The summed E-state index contributed by atoms with van der Waals surface area (Å²) in [6.07, 6.45) is 6.23. The van der Waals surface area contributed by atoms with Crippen LogP contribution in [0.4, 0.5) is 4.39 Å². The Morgan fingerprint density at radius 1 is 0.741 bits per heavy atom. The van der Waals surface area contributed by atoms with Crippen molar-refractivity contribution in [2.45, 2.75) is 43.7 Å². The second-order valence-electron chi connectivity index (χ2n) is 7.81. The summed E-state index contributed by atoms with van der Waals surface area (Å²) in [5, 5.41) is 3.17. The van der Waals surface area contributed by atoms with Gasteiger partial charge in [0.1, 0.15) is 13.9 Å². The maximum Gasteiger partial charge on any atom is 0.123 e. The lowest BCUT2D eigenvalue weighted by Crippen LogP contribution is -2.62. The van der Waals surface area contributed by atoms with Crippen LogP contribution in [0.1, 0.15) is 31.2 Å². The van der Waals surface area contributed by atoms with Crippen molar-refractivity contribution in [2.24, 2.45) is 0 Å². The van der Waals surface area contributed by atoms with Crippen molar-refractivity contribution < 1.29 is 4.39 Å². The second kappa shape index (κ2) is 8.22. The van der Waals surface area contributed by atoms with E-state index in [2.05, 4.69) is 60.7 Å². The van der Waals surface area contributed by atoms with Crippen molar-refractivity contribution in [2.75, 3.05) is 0 Å². The molecule has 1 heterocycles. The Hall–Kier alpha value is -2.19. The van der Waals surface area contributed by atoms with E-state index in [-0.39, 0.29) is 5.82 Å². The van der Waals surface area contributed by atoms with E-state index < -0.39 is 8.07 Å². The molecule has 0 aliphatic carbocycles. The number of benzene rings is 3. The first-order chi connectivity index (χ1) is 13.3. The molecule has 138 valence electrons. The molecular formula is C25H27FSi. The summed E-state index contributed by atoms with van der Waals surface area (Å²) in [4.78, 5) is 0. The Bertz CT molecular complexity index is 803. The van der Waals surface area contributed by atoms with Crippen molar-refractivity contribution in [3.8, 4) is 0 Å². The van der Waals surface area contributed by atoms with Crippen LogP contribution in [0.3, 0.4) is 0 Å². The van der Waals surface area contributed by atoms with Gasteiger partial charge in [0.2, 0.25) is 0 Å². The minimum atomic E-state index is -1.80. The third-order valence-electron chi connectivity index (χ3n) is 6.34. The third-order valence-corrected chi connectivity index (χ3v) is 12.2. The van der Waals surface area contributed by atoms with E-state index in [0.29, 0.717) is 0 Å². The quantitative estimate of drug-likeness (QED) is 0.512. The van der Waals surface area contributed by atoms with Gasteiger partial charge in [-0.25, -0.2) is 4.39 Å². The van der Waals surface area contributed by atoms with Crippen molar-refractivity contribution in [3.05, 3.63) is 96.3 Å². The lowest BCUT2D eigenvalue weighted by Gasteiger charge is -2.44. The molecule has 0 amide bonds. The molecule has 4 rings (SSSR count). The molecule has 0 radical (unpaired) electrons. The van der Waals surface area contributed by atoms with Crippen LogP contribution < -0.4 is 10.4 Å². The Morgan fingerprint density at radius 2 is 1.33 bits per heavy atom. The van der Waals surface area contributed by atoms with E-state index in [1.54, 1.807) is 22.5 Å². The Kier molecular flexibility index (Phi) is 5.54.